The molecule has 7 heteroatoms. The molecule has 2 rings (SSSR count). The molecule has 5 nitrogen and oxygen atoms in total. The van der Waals surface area contributed by atoms with E-state index in [1.807, 2.05) is 0 Å². The number of aliphatic hydroxyl groups is 2. The van der Waals surface area contributed by atoms with Crippen LogP contribution in [0.2, 0.25) is 0 Å². The molecule has 26 heavy (non-hydrogen) atoms. The van der Waals surface area contributed by atoms with Gasteiger partial charge in [0.15, 0.2) is 0 Å². The number of primary amides is 1. The molecule has 0 aliphatic heterocycles. The van der Waals surface area contributed by atoms with Gasteiger partial charge in [-0.15, -0.1) is 0 Å². The fourth-order valence-corrected chi connectivity index (χ4v) is 3.76. The summed E-state index contributed by atoms with van der Waals surface area (Å²) in [5, 5.41) is 21.3. The molecule has 1 amide bonds. The summed E-state index contributed by atoms with van der Waals surface area (Å²) in [5.41, 5.74) is 10.5. The zero-order chi connectivity index (χ0) is 19.5. The van der Waals surface area contributed by atoms with Crippen LogP contribution >= 0.6 is 0 Å². The number of carbonyl (C=O) groups is 1. The molecule has 6 N–H and O–H groups in total. The quantitative estimate of drug-likeness (QED) is 0.585. The Kier molecular flexibility index (Phi) is 6.71. The van der Waals surface area contributed by atoms with Crippen molar-refractivity contribution in [3.8, 4) is 0 Å². The number of benzene rings is 1. The van der Waals surface area contributed by atoms with Gasteiger partial charge in [0.2, 0.25) is 5.91 Å². The van der Waals surface area contributed by atoms with Gasteiger partial charge in [0.25, 0.3) is 0 Å². The smallest absolute Gasteiger partial charge is 0.223 e. The van der Waals surface area contributed by atoms with Crippen molar-refractivity contribution in [2.45, 2.75) is 63.2 Å². The van der Waals surface area contributed by atoms with Gasteiger partial charge in [-0.3, -0.25) is 4.79 Å². The van der Waals surface area contributed by atoms with E-state index in [-0.39, 0.29) is 12.8 Å². The van der Waals surface area contributed by atoms with E-state index in [2.05, 4.69) is 6.92 Å². The Hall–Kier alpha value is -1.57. The Morgan fingerprint density at radius 3 is 2.31 bits per heavy atom. The minimum Gasteiger partial charge on any atom is -0.391 e. The van der Waals surface area contributed by atoms with Gasteiger partial charge in [0.1, 0.15) is 11.6 Å². The maximum atomic E-state index is 13.3. The van der Waals surface area contributed by atoms with Gasteiger partial charge in [-0.1, -0.05) is 6.92 Å². The molecule has 1 saturated carbocycles. The third-order valence-electron chi connectivity index (χ3n) is 5.50. The van der Waals surface area contributed by atoms with E-state index < -0.39 is 41.2 Å². The van der Waals surface area contributed by atoms with Crippen LogP contribution < -0.4 is 11.5 Å². The fraction of sp³-hybridized carbons (Fsp3) is 0.632. The van der Waals surface area contributed by atoms with Gasteiger partial charge >= 0.3 is 0 Å². The second-order valence-corrected chi connectivity index (χ2v) is 7.69. The molecule has 1 aromatic rings. The molecule has 3 unspecified atom stereocenters. The van der Waals surface area contributed by atoms with Gasteiger partial charge in [0, 0.05) is 12.1 Å². The van der Waals surface area contributed by atoms with E-state index in [0.29, 0.717) is 24.3 Å². The van der Waals surface area contributed by atoms with Crippen molar-refractivity contribution in [3.05, 3.63) is 35.4 Å². The van der Waals surface area contributed by atoms with Crippen LogP contribution in [0.1, 0.15) is 44.6 Å². The van der Waals surface area contributed by atoms with Crippen LogP contribution in [-0.2, 0) is 11.2 Å². The zero-order valence-electron chi connectivity index (χ0n) is 15.0. The standard InChI is InChI=1S/C19H28F2N2O3/c1-11-2-4-19(26,5-3-11)15(18(23)25)10-17(24)16(22)8-12-6-13(20)9-14(21)7-12/h6-7,9,11,15-17,24,26H,2-5,8,10,22H2,1H3,(H2,23,25). The van der Waals surface area contributed by atoms with E-state index in [4.69, 9.17) is 11.5 Å². The highest BCUT2D eigenvalue weighted by molar-refractivity contribution is 5.78. The third-order valence-corrected chi connectivity index (χ3v) is 5.50. The van der Waals surface area contributed by atoms with E-state index in [1.54, 1.807) is 0 Å². The van der Waals surface area contributed by atoms with Crippen molar-refractivity contribution in [1.82, 2.24) is 0 Å². The molecule has 1 aromatic carbocycles. The molecular formula is C19H28F2N2O3. The van der Waals surface area contributed by atoms with Crippen LogP contribution in [0.15, 0.2) is 18.2 Å². The van der Waals surface area contributed by atoms with Crippen molar-refractivity contribution in [3.63, 3.8) is 0 Å². The fourth-order valence-electron chi connectivity index (χ4n) is 3.76. The molecule has 0 bridgehead atoms. The van der Waals surface area contributed by atoms with Crippen LogP contribution in [0.4, 0.5) is 8.78 Å². The normalized spacial score (nSPS) is 26.9. The molecule has 0 saturated heterocycles. The first kappa shape index (κ1) is 20.7. The van der Waals surface area contributed by atoms with E-state index in [9.17, 15) is 23.8 Å². The first-order valence-corrected chi connectivity index (χ1v) is 9.01. The number of hydrogen-bond donors (Lipinski definition) is 4. The maximum absolute atomic E-state index is 13.3. The summed E-state index contributed by atoms with van der Waals surface area (Å²) in [6, 6.07) is 2.21. The number of rotatable bonds is 7. The number of carbonyl (C=O) groups excluding carboxylic acids is 1. The van der Waals surface area contributed by atoms with Gasteiger partial charge in [-0.2, -0.15) is 0 Å². The highest BCUT2D eigenvalue weighted by Gasteiger charge is 2.43. The van der Waals surface area contributed by atoms with Gasteiger partial charge in [-0.05, 0) is 62.1 Å². The molecule has 1 fully saturated rings. The first-order valence-electron chi connectivity index (χ1n) is 9.01. The molecule has 0 heterocycles. The second kappa shape index (κ2) is 8.41. The highest BCUT2D eigenvalue weighted by Crippen LogP contribution is 2.39. The Balaban J connectivity index is 2.04. The number of aliphatic hydroxyl groups excluding tert-OH is 1. The molecular weight excluding hydrogens is 342 g/mol. The van der Waals surface area contributed by atoms with Crippen molar-refractivity contribution in [2.24, 2.45) is 23.3 Å². The number of hydrogen-bond acceptors (Lipinski definition) is 4. The molecule has 3 atom stereocenters. The van der Waals surface area contributed by atoms with Crippen molar-refractivity contribution in [1.29, 1.82) is 0 Å². The average Bonchev–Trinajstić information content (AvgIpc) is 2.54. The lowest BCUT2D eigenvalue weighted by Crippen LogP contribution is -2.50. The van der Waals surface area contributed by atoms with E-state index in [0.717, 1.165) is 31.0 Å². The van der Waals surface area contributed by atoms with Crippen LogP contribution in [0.5, 0.6) is 0 Å². The van der Waals surface area contributed by atoms with Crippen molar-refractivity contribution >= 4 is 5.91 Å². The largest absolute Gasteiger partial charge is 0.391 e. The second-order valence-electron chi connectivity index (χ2n) is 7.69. The Morgan fingerprint density at radius 2 is 1.81 bits per heavy atom. The summed E-state index contributed by atoms with van der Waals surface area (Å²) < 4.78 is 26.6. The van der Waals surface area contributed by atoms with Crippen LogP contribution in [0.3, 0.4) is 0 Å². The summed E-state index contributed by atoms with van der Waals surface area (Å²) in [6.45, 7) is 2.09. The highest BCUT2D eigenvalue weighted by atomic mass is 19.1. The predicted octanol–water partition coefficient (Wildman–Crippen LogP) is 1.63. The van der Waals surface area contributed by atoms with Crippen molar-refractivity contribution in [2.75, 3.05) is 0 Å². The van der Waals surface area contributed by atoms with E-state index in [1.165, 1.54) is 0 Å². The lowest BCUT2D eigenvalue weighted by atomic mass is 9.70. The minimum absolute atomic E-state index is 0.0385. The van der Waals surface area contributed by atoms with Gasteiger partial charge in [-0.25, -0.2) is 8.78 Å². The lowest BCUT2D eigenvalue weighted by molar-refractivity contribution is -0.138. The van der Waals surface area contributed by atoms with Gasteiger partial charge in [0.05, 0.1) is 17.6 Å². The first-order chi connectivity index (χ1) is 12.1. The van der Waals surface area contributed by atoms with E-state index >= 15 is 0 Å². The molecule has 1 aliphatic rings. The summed E-state index contributed by atoms with van der Waals surface area (Å²) in [5.74, 6) is -2.56. The molecule has 0 radical (unpaired) electrons. The van der Waals surface area contributed by atoms with Crippen LogP contribution in [-0.4, -0.2) is 33.9 Å². The molecule has 0 aromatic heterocycles. The summed E-state index contributed by atoms with van der Waals surface area (Å²) in [4.78, 5) is 11.9. The van der Waals surface area contributed by atoms with Crippen LogP contribution in [0, 0.1) is 23.5 Å². The Bertz CT molecular complexity index is 613. The Labute approximate surface area is 152 Å². The SMILES string of the molecule is CC1CCC(O)(C(CC(O)C(N)Cc2cc(F)cc(F)c2)C(N)=O)CC1. The summed E-state index contributed by atoms with van der Waals surface area (Å²) >= 11 is 0. The molecule has 146 valence electrons. The number of amides is 1. The molecule has 0 spiro atoms. The summed E-state index contributed by atoms with van der Waals surface area (Å²) in [7, 11) is 0. The third kappa shape index (κ3) is 5.22. The maximum Gasteiger partial charge on any atom is 0.223 e. The predicted molar refractivity (Wildman–Crippen MR) is 93.9 cm³/mol. The Morgan fingerprint density at radius 1 is 1.27 bits per heavy atom. The van der Waals surface area contributed by atoms with Crippen LogP contribution in [0.25, 0.3) is 0 Å². The number of halogens is 2. The van der Waals surface area contributed by atoms with Gasteiger partial charge < -0.3 is 21.7 Å². The zero-order valence-corrected chi connectivity index (χ0v) is 15.0. The lowest BCUT2D eigenvalue weighted by Gasteiger charge is -2.40. The topological polar surface area (TPSA) is 110 Å². The number of nitrogens with two attached hydrogens (primary N) is 2. The summed E-state index contributed by atoms with van der Waals surface area (Å²) in [6.07, 6.45) is 1.27. The average molecular weight is 370 g/mol. The monoisotopic (exact) mass is 370 g/mol. The minimum atomic E-state index is -1.25. The van der Waals surface area contributed by atoms with Crippen molar-refractivity contribution < 1.29 is 23.8 Å². The molecule has 1 aliphatic carbocycles.